The monoisotopic (exact) mass is 346 g/mol. The molecule has 0 radical (unpaired) electrons. The summed E-state index contributed by atoms with van der Waals surface area (Å²) in [4.78, 5) is 26.5. The number of nitrogens with zero attached hydrogens (tertiary/aromatic N) is 1. The van der Waals surface area contributed by atoms with Crippen LogP contribution in [-0.2, 0) is 16.0 Å². The van der Waals surface area contributed by atoms with Gasteiger partial charge in [-0.15, -0.1) is 11.3 Å². The summed E-state index contributed by atoms with van der Waals surface area (Å²) in [7, 11) is 0. The first-order valence-electron chi connectivity index (χ1n) is 6.62. The Morgan fingerprint density at radius 1 is 1.35 bits per heavy atom. The van der Waals surface area contributed by atoms with E-state index in [1.165, 1.54) is 0 Å². The number of carbonyl (C=O) groups is 2. The van der Waals surface area contributed by atoms with Crippen molar-refractivity contribution in [3.63, 3.8) is 0 Å². The fourth-order valence-electron chi connectivity index (χ4n) is 1.72. The Morgan fingerprint density at radius 3 is 2.65 bits per heavy atom. The molecule has 1 N–H and O–H groups in total. The summed E-state index contributed by atoms with van der Waals surface area (Å²) in [6.07, 6.45) is -6.56. The molecule has 1 amide bonds. The molecule has 0 bridgehead atoms. The van der Waals surface area contributed by atoms with E-state index in [2.05, 4.69) is 10.3 Å². The van der Waals surface area contributed by atoms with Crippen molar-refractivity contribution >= 4 is 39.1 Å². The summed E-state index contributed by atoms with van der Waals surface area (Å²) >= 11 is 0.973. The molecule has 0 saturated heterocycles. The number of ketones is 1. The van der Waals surface area contributed by atoms with Crippen LogP contribution in [0.25, 0.3) is 10.2 Å². The first kappa shape index (κ1) is 17.2. The average molecular weight is 346 g/mol. The fourth-order valence-corrected chi connectivity index (χ4v) is 2.73. The number of hydrogen-bond acceptors (Lipinski definition) is 5. The van der Waals surface area contributed by atoms with Crippen LogP contribution in [0.1, 0.15) is 18.9 Å². The number of aromatic nitrogens is 1. The van der Waals surface area contributed by atoms with Crippen LogP contribution in [0.3, 0.4) is 0 Å². The number of Topliss-reactive ketones (excluding diaryl/α,β-unsaturated/α-hetero) is 1. The predicted molar refractivity (Wildman–Crippen MR) is 79.6 cm³/mol. The van der Waals surface area contributed by atoms with Gasteiger partial charge in [0.1, 0.15) is 5.01 Å². The Hall–Kier alpha value is -2.16. The van der Waals surface area contributed by atoms with E-state index in [4.69, 9.17) is 4.74 Å². The van der Waals surface area contributed by atoms with E-state index in [1.54, 1.807) is 32.0 Å². The van der Waals surface area contributed by atoms with Gasteiger partial charge < -0.3 is 4.74 Å². The van der Waals surface area contributed by atoms with Crippen molar-refractivity contribution in [1.29, 1.82) is 0 Å². The maximum absolute atomic E-state index is 12.3. The molecule has 23 heavy (non-hydrogen) atoms. The van der Waals surface area contributed by atoms with Crippen LogP contribution in [0.2, 0.25) is 0 Å². The topological polar surface area (TPSA) is 68.3 Å². The number of amides is 1. The van der Waals surface area contributed by atoms with Crippen molar-refractivity contribution in [2.24, 2.45) is 0 Å². The fraction of sp³-hybridized carbons (Fsp3) is 0.357. The van der Waals surface area contributed by atoms with Gasteiger partial charge in [-0.1, -0.05) is 0 Å². The average Bonchev–Trinajstić information content (AvgIpc) is 2.77. The zero-order valence-corrected chi connectivity index (χ0v) is 13.0. The molecule has 9 heteroatoms. The third-order valence-electron chi connectivity index (χ3n) is 2.65. The lowest BCUT2D eigenvalue weighted by molar-refractivity contribution is -0.170. The molecule has 0 aliphatic rings. The molecule has 2 aromatic rings. The number of alkyl halides is 3. The lowest BCUT2D eigenvalue weighted by Crippen LogP contribution is -2.24. The number of anilines is 1. The molecule has 124 valence electrons. The number of nitrogens with one attached hydrogen (secondary N) is 1. The van der Waals surface area contributed by atoms with Crippen molar-refractivity contribution in [2.75, 3.05) is 5.32 Å². The highest BCUT2D eigenvalue weighted by molar-refractivity contribution is 7.18. The van der Waals surface area contributed by atoms with E-state index in [-0.39, 0.29) is 11.1 Å². The van der Waals surface area contributed by atoms with Crippen molar-refractivity contribution in [3.8, 4) is 0 Å². The van der Waals surface area contributed by atoms with Gasteiger partial charge in [0.2, 0.25) is 5.78 Å². The number of carbonyl (C=O) groups excluding carboxylic acids is 2. The zero-order chi connectivity index (χ0) is 17.2. The third kappa shape index (κ3) is 4.65. The molecule has 5 nitrogen and oxygen atoms in total. The minimum absolute atomic E-state index is 0.0734. The molecule has 0 fully saturated rings. The first-order valence-corrected chi connectivity index (χ1v) is 7.44. The van der Waals surface area contributed by atoms with Crippen LogP contribution in [0.15, 0.2) is 18.2 Å². The van der Waals surface area contributed by atoms with Gasteiger partial charge in [0, 0.05) is 5.69 Å². The summed E-state index contributed by atoms with van der Waals surface area (Å²) in [5.74, 6) is -1.84. The number of rotatable bonds is 4. The van der Waals surface area contributed by atoms with Gasteiger partial charge in [0.05, 0.1) is 22.7 Å². The molecular weight excluding hydrogens is 333 g/mol. The van der Waals surface area contributed by atoms with Crippen molar-refractivity contribution in [2.45, 2.75) is 32.5 Å². The minimum Gasteiger partial charge on any atom is -0.447 e. The van der Waals surface area contributed by atoms with Crippen molar-refractivity contribution in [3.05, 3.63) is 23.2 Å². The highest BCUT2D eigenvalue weighted by atomic mass is 32.1. The van der Waals surface area contributed by atoms with Gasteiger partial charge in [-0.3, -0.25) is 10.1 Å². The standard InChI is InChI=1S/C14H13F3N2O3S/c1-7(2)22-13(21)18-8-3-4-9-10(5-8)23-12(19-9)6-11(20)14(15,16)17/h3-5,7H,6H2,1-2H3,(H,18,21). The highest BCUT2D eigenvalue weighted by Gasteiger charge is 2.38. The second kappa shape index (κ2) is 6.53. The van der Waals surface area contributed by atoms with Gasteiger partial charge in [-0.05, 0) is 32.0 Å². The van der Waals surface area contributed by atoms with E-state index in [1.807, 2.05) is 0 Å². The Morgan fingerprint density at radius 2 is 2.04 bits per heavy atom. The lowest BCUT2D eigenvalue weighted by atomic mass is 10.3. The molecule has 0 atom stereocenters. The van der Waals surface area contributed by atoms with Gasteiger partial charge >= 0.3 is 12.3 Å². The number of benzene rings is 1. The minimum atomic E-state index is -4.87. The zero-order valence-electron chi connectivity index (χ0n) is 12.2. The van der Waals surface area contributed by atoms with Crippen LogP contribution in [0.5, 0.6) is 0 Å². The van der Waals surface area contributed by atoms with Crippen molar-refractivity contribution in [1.82, 2.24) is 4.98 Å². The Bertz CT molecular complexity index is 740. The number of halogens is 3. The van der Waals surface area contributed by atoms with Gasteiger partial charge in [-0.25, -0.2) is 9.78 Å². The number of fused-ring (bicyclic) bond motifs is 1. The quantitative estimate of drug-likeness (QED) is 0.911. The van der Waals surface area contributed by atoms with E-state index < -0.39 is 24.5 Å². The number of ether oxygens (including phenoxy) is 1. The maximum Gasteiger partial charge on any atom is 0.450 e. The van der Waals surface area contributed by atoms with Gasteiger partial charge in [0.25, 0.3) is 0 Å². The van der Waals surface area contributed by atoms with Crippen LogP contribution in [0.4, 0.5) is 23.7 Å². The largest absolute Gasteiger partial charge is 0.450 e. The SMILES string of the molecule is CC(C)OC(=O)Nc1ccc2nc(CC(=O)C(F)(F)F)sc2c1. The van der Waals surface area contributed by atoms with Crippen LogP contribution in [-0.4, -0.2) is 29.1 Å². The predicted octanol–water partition coefficient (Wildman–Crippen LogP) is 3.93. The normalized spacial score (nSPS) is 11.7. The van der Waals surface area contributed by atoms with E-state index in [9.17, 15) is 22.8 Å². The molecule has 0 aliphatic carbocycles. The molecule has 1 aromatic carbocycles. The van der Waals surface area contributed by atoms with E-state index in [0.29, 0.717) is 15.9 Å². The molecule has 0 unspecified atom stereocenters. The Balaban J connectivity index is 2.15. The summed E-state index contributed by atoms with van der Waals surface area (Å²) in [5, 5.41) is 2.58. The van der Waals surface area contributed by atoms with Crippen LogP contribution >= 0.6 is 11.3 Å². The molecule has 1 aromatic heterocycles. The lowest BCUT2D eigenvalue weighted by Gasteiger charge is -2.09. The highest BCUT2D eigenvalue weighted by Crippen LogP contribution is 2.27. The summed E-state index contributed by atoms with van der Waals surface area (Å²) in [5.41, 5.74) is 0.892. The number of thiazole rings is 1. The smallest absolute Gasteiger partial charge is 0.447 e. The third-order valence-corrected chi connectivity index (χ3v) is 3.67. The Labute approximate surface area is 133 Å². The second-order valence-electron chi connectivity index (χ2n) is 4.97. The summed E-state index contributed by atoms with van der Waals surface area (Å²) < 4.78 is 42.3. The maximum atomic E-state index is 12.3. The first-order chi connectivity index (χ1) is 10.6. The van der Waals surface area contributed by atoms with Crippen LogP contribution < -0.4 is 5.32 Å². The molecule has 0 saturated carbocycles. The molecule has 1 heterocycles. The van der Waals surface area contributed by atoms with Crippen molar-refractivity contribution < 1.29 is 27.5 Å². The van der Waals surface area contributed by atoms with E-state index in [0.717, 1.165) is 11.3 Å². The second-order valence-corrected chi connectivity index (χ2v) is 6.08. The molecule has 2 rings (SSSR count). The Kier molecular flexibility index (Phi) is 4.88. The van der Waals surface area contributed by atoms with Gasteiger partial charge in [-0.2, -0.15) is 13.2 Å². The van der Waals surface area contributed by atoms with Crippen LogP contribution in [0, 0.1) is 0 Å². The summed E-state index contributed by atoms with van der Waals surface area (Å²) in [6, 6.07) is 4.67. The molecular formula is C14H13F3N2O3S. The molecule has 0 aliphatic heterocycles. The summed E-state index contributed by atoms with van der Waals surface area (Å²) in [6.45, 7) is 3.41. The van der Waals surface area contributed by atoms with E-state index >= 15 is 0 Å². The molecule has 0 spiro atoms. The van der Waals surface area contributed by atoms with Gasteiger partial charge in [0.15, 0.2) is 0 Å². The number of hydrogen-bond donors (Lipinski definition) is 1.